The molecule has 1 aliphatic heterocycles. The molecule has 0 spiro atoms. The SMILES string of the molecule is CCC(C)CN1CC(C)NCC1C(C)C. The first-order valence-electron chi connectivity index (χ1n) is 6.52. The molecule has 0 amide bonds. The van der Waals surface area contributed by atoms with E-state index in [1.54, 1.807) is 0 Å². The monoisotopic (exact) mass is 212 g/mol. The lowest BCUT2D eigenvalue weighted by Crippen LogP contribution is -2.58. The van der Waals surface area contributed by atoms with Gasteiger partial charge in [0.05, 0.1) is 0 Å². The number of hydrogen-bond acceptors (Lipinski definition) is 2. The average molecular weight is 212 g/mol. The fraction of sp³-hybridized carbons (Fsp3) is 1.00. The Morgan fingerprint density at radius 2 is 2.00 bits per heavy atom. The molecule has 1 rings (SSSR count). The summed E-state index contributed by atoms with van der Waals surface area (Å²) in [4.78, 5) is 2.69. The van der Waals surface area contributed by atoms with Crippen molar-refractivity contribution in [3.63, 3.8) is 0 Å². The van der Waals surface area contributed by atoms with Crippen molar-refractivity contribution >= 4 is 0 Å². The fourth-order valence-corrected chi connectivity index (χ4v) is 2.40. The quantitative estimate of drug-likeness (QED) is 0.769. The van der Waals surface area contributed by atoms with Crippen LogP contribution in [0.3, 0.4) is 0 Å². The molecule has 0 radical (unpaired) electrons. The van der Waals surface area contributed by atoms with Gasteiger partial charge in [-0.1, -0.05) is 34.1 Å². The maximum absolute atomic E-state index is 3.59. The molecule has 2 nitrogen and oxygen atoms in total. The summed E-state index contributed by atoms with van der Waals surface area (Å²) < 4.78 is 0. The van der Waals surface area contributed by atoms with Gasteiger partial charge in [0, 0.05) is 31.7 Å². The zero-order valence-corrected chi connectivity index (χ0v) is 11.1. The Morgan fingerprint density at radius 3 is 2.53 bits per heavy atom. The van der Waals surface area contributed by atoms with Crippen LogP contribution in [-0.4, -0.2) is 36.6 Å². The molecular formula is C13H28N2. The van der Waals surface area contributed by atoms with Crippen LogP contribution >= 0.6 is 0 Å². The first-order valence-corrected chi connectivity index (χ1v) is 6.52. The molecule has 0 bridgehead atoms. The van der Waals surface area contributed by atoms with Crippen LogP contribution in [0.4, 0.5) is 0 Å². The Kier molecular flexibility index (Phi) is 5.07. The molecule has 0 aromatic carbocycles. The minimum absolute atomic E-state index is 0.657. The van der Waals surface area contributed by atoms with E-state index in [-0.39, 0.29) is 0 Å². The summed E-state index contributed by atoms with van der Waals surface area (Å²) in [5, 5.41) is 3.59. The van der Waals surface area contributed by atoms with Gasteiger partial charge in [-0.3, -0.25) is 4.90 Å². The molecule has 3 atom stereocenters. The van der Waals surface area contributed by atoms with Gasteiger partial charge in [0.1, 0.15) is 0 Å². The molecule has 2 heteroatoms. The molecule has 1 saturated heterocycles. The highest BCUT2D eigenvalue weighted by Gasteiger charge is 2.28. The van der Waals surface area contributed by atoms with E-state index in [1.165, 1.54) is 19.5 Å². The van der Waals surface area contributed by atoms with E-state index in [4.69, 9.17) is 0 Å². The van der Waals surface area contributed by atoms with Crippen LogP contribution in [0.2, 0.25) is 0 Å². The minimum atomic E-state index is 0.657. The van der Waals surface area contributed by atoms with Crippen molar-refractivity contribution < 1.29 is 0 Å². The fourth-order valence-electron chi connectivity index (χ4n) is 2.40. The smallest absolute Gasteiger partial charge is 0.0244 e. The van der Waals surface area contributed by atoms with Crippen LogP contribution in [-0.2, 0) is 0 Å². The Labute approximate surface area is 95.4 Å². The van der Waals surface area contributed by atoms with Crippen LogP contribution in [0.1, 0.15) is 41.0 Å². The summed E-state index contributed by atoms with van der Waals surface area (Å²) in [5.74, 6) is 1.59. The Morgan fingerprint density at radius 1 is 1.33 bits per heavy atom. The average Bonchev–Trinajstić information content (AvgIpc) is 2.17. The van der Waals surface area contributed by atoms with Crippen LogP contribution in [0.5, 0.6) is 0 Å². The van der Waals surface area contributed by atoms with Gasteiger partial charge in [-0.15, -0.1) is 0 Å². The van der Waals surface area contributed by atoms with E-state index in [0.717, 1.165) is 24.4 Å². The predicted molar refractivity (Wildman–Crippen MR) is 67.1 cm³/mol. The maximum Gasteiger partial charge on any atom is 0.0244 e. The zero-order valence-electron chi connectivity index (χ0n) is 11.1. The number of nitrogens with zero attached hydrogens (tertiary/aromatic N) is 1. The molecule has 1 fully saturated rings. The Bertz CT molecular complexity index is 179. The third-order valence-electron chi connectivity index (χ3n) is 3.67. The third-order valence-corrected chi connectivity index (χ3v) is 3.67. The van der Waals surface area contributed by atoms with E-state index in [9.17, 15) is 0 Å². The van der Waals surface area contributed by atoms with Crippen LogP contribution in [0.15, 0.2) is 0 Å². The summed E-state index contributed by atoms with van der Waals surface area (Å²) in [6, 6.07) is 1.39. The molecule has 0 aromatic rings. The van der Waals surface area contributed by atoms with Crippen molar-refractivity contribution in [3.8, 4) is 0 Å². The lowest BCUT2D eigenvalue weighted by molar-refractivity contribution is 0.0874. The molecule has 0 aromatic heterocycles. The number of rotatable bonds is 4. The van der Waals surface area contributed by atoms with Crippen LogP contribution in [0, 0.1) is 11.8 Å². The van der Waals surface area contributed by atoms with Crippen molar-refractivity contribution in [1.82, 2.24) is 10.2 Å². The number of piperazine rings is 1. The van der Waals surface area contributed by atoms with Crippen LogP contribution in [0.25, 0.3) is 0 Å². The van der Waals surface area contributed by atoms with Gasteiger partial charge in [-0.2, -0.15) is 0 Å². The third kappa shape index (κ3) is 3.76. The zero-order chi connectivity index (χ0) is 11.4. The van der Waals surface area contributed by atoms with E-state index < -0.39 is 0 Å². The highest BCUT2D eigenvalue weighted by atomic mass is 15.2. The standard InChI is InChI=1S/C13H28N2/c1-6-11(4)8-15-9-12(5)14-7-13(15)10(2)3/h10-14H,6-9H2,1-5H3. The predicted octanol–water partition coefficient (Wildman–Crippen LogP) is 2.35. The first-order chi connectivity index (χ1) is 7.04. The summed E-state index contributed by atoms with van der Waals surface area (Å²) in [5.41, 5.74) is 0. The second-order valence-electron chi connectivity index (χ2n) is 5.59. The lowest BCUT2D eigenvalue weighted by Gasteiger charge is -2.42. The van der Waals surface area contributed by atoms with Gasteiger partial charge in [0.25, 0.3) is 0 Å². The summed E-state index contributed by atoms with van der Waals surface area (Å²) in [6.07, 6.45) is 1.29. The van der Waals surface area contributed by atoms with Crippen molar-refractivity contribution in [1.29, 1.82) is 0 Å². The molecule has 0 aliphatic carbocycles. The largest absolute Gasteiger partial charge is 0.311 e. The molecular weight excluding hydrogens is 184 g/mol. The molecule has 1 heterocycles. The highest BCUT2D eigenvalue weighted by molar-refractivity contribution is 4.86. The number of hydrogen-bond donors (Lipinski definition) is 1. The van der Waals surface area contributed by atoms with Gasteiger partial charge in [-0.25, -0.2) is 0 Å². The van der Waals surface area contributed by atoms with Crippen LogP contribution < -0.4 is 5.32 Å². The lowest BCUT2D eigenvalue weighted by atomic mass is 9.97. The van der Waals surface area contributed by atoms with Crippen molar-refractivity contribution in [2.45, 2.75) is 53.1 Å². The molecule has 15 heavy (non-hydrogen) atoms. The molecule has 1 N–H and O–H groups in total. The normalized spacial score (nSPS) is 30.8. The second-order valence-corrected chi connectivity index (χ2v) is 5.59. The van der Waals surface area contributed by atoms with Gasteiger partial charge < -0.3 is 5.32 Å². The molecule has 90 valence electrons. The molecule has 0 saturated carbocycles. The first kappa shape index (κ1) is 13.0. The van der Waals surface area contributed by atoms with E-state index in [2.05, 4.69) is 44.8 Å². The molecule has 3 unspecified atom stereocenters. The Hall–Kier alpha value is -0.0800. The summed E-state index contributed by atoms with van der Waals surface area (Å²) in [6.45, 7) is 15.3. The Balaban J connectivity index is 2.54. The maximum atomic E-state index is 3.59. The van der Waals surface area contributed by atoms with E-state index >= 15 is 0 Å². The summed E-state index contributed by atoms with van der Waals surface area (Å²) in [7, 11) is 0. The molecule has 1 aliphatic rings. The topological polar surface area (TPSA) is 15.3 Å². The van der Waals surface area contributed by atoms with Gasteiger partial charge in [0.2, 0.25) is 0 Å². The van der Waals surface area contributed by atoms with E-state index in [0.29, 0.717) is 6.04 Å². The van der Waals surface area contributed by atoms with Gasteiger partial charge in [0.15, 0.2) is 0 Å². The van der Waals surface area contributed by atoms with Gasteiger partial charge >= 0.3 is 0 Å². The number of nitrogens with one attached hydrogen (secondary N) is 1. The minimum Gasteiger partial charge on any atom is -0.311 e. The van der Waals surface area contributed by atoms with E-state index in [1.807, 2.05) is 0 Å². The van der Waals surface area contributed by atoms with Gasteiger partial charge in [-0.05, 0) is 18.8 Å². The van der Waals surface area contributed by atoms with Crippen molar-refractivity contribution in [3.05, 3.63) is 0 Å². The van der Waals surface area contributed by atoms with Crippen molar-refractivity contribution in [2.24, 2.45) is 11.8 Å². The highest BCUT2D eigenvalue weighted by Crippen LogP contribution is 2.17. The van der Waals surface area contributed by atoms with Crippen molar-refractivity contribution in [2.75, 3.05) is 19.6 Å². The summed E-state index contributed by atoms with van der Waals surface area (Å²) >= 11 is 0. The second kappa shape index (κ2) is 5.86.